The number of ether oxygens (including phenoxy) is 1. The van der Waals surface area contributed by atoms with Crippen molar-refractivity contribution in [1.82, 2.24) is 15.5 Å². The molecule has 0 aliphatic carbocycles. The summed E-state index contributed by atoms with van der Waals surface area (Å²) in [5.41, 5.74) is 1.21. The van der Waals surface area contributed by atoms with Gasteiger partial charge in [-0.15, -0.1) is 6.42 Å². The van der Waals surface area contributed by atoms with Crippen molar-refractivity contribution in [3.63, 3.8) is 0 Å². The lowest BCUT2D eigenvalue weighted by molar-refractivity contribution is -0.142. The summed E-state index contributed by atoms with van der Waals surface area (Å²) >= 11 is 0. The molecule has 0 saturated heterocycles. The second kappa shape index (κ2) is 13.5. The summed E-state index contributed by atoms with van der Waals surface area (Å²) in [6.07, 6.45) is 5.48. The Bertz CT molecular complexity index is 1130. The molecule has 2 unspecified atom stereocenters. The highest BCUT2D eigenvalue weighted by atomic mass is 16.6. The van der Waals surface area contributed by atoms with E-state index < -0.39 is 29.7 Å². The number of aromatic hydroxyl groups is 1. The monoisotopic (exact) mass is 521 g/mol. The fourth-order valence-electron chi connectivity index (χ4n) is 3.92. The summed E-state index contributed by atoms with van der Waals surface area (Å²) in [5.74, 6) is 1.88. The number of terminal acetylenes is 1. The molecule has 0 aliphatic heterocycles. The van der Waals surface area contributed by atoms with Crippen LogP contribution in [-0.2, 0) is 20.7 Å². The first-order valence-corrected chi connectivity index (χ1v) is 12.8. The van der Waals surface area contributed by atoms with E-state index in [1.807, 2.05) is 20.8 Å². The van der Waals surface area contributed by atoms with E-state index in [2.05, 4.69) is 16.6 Å². The summed E-state index contributed by atoms with van der Waals surface area (Å²) in [6.45, 7) is 11.1. The van der Waals surface area contributed by atoms with Crippen LogP contribution in [0.2, 0.25) is 0 Å². The van der Waals surface area contributed by atoms with Gasteiger partial charge in [-0.2, -0.15) is 0 Å². The smallest absolute Gasteiger partial charge is 0.408 e. The number of rotatable bonds is 10. The fourth-order valence-corrected chi connectivity index (χ4v) is 3.92. The topological polar surface area (TPSA) is 108 Å². The lowest BCUT2D eigenvalue weighted by Gasteiger charge is -2.35. The normalized spacial score (nSPS) is 12.7. The molecule has 0 saturated carbocycles. The van der Waals surface area contributed by atoms with Crippen LogP contribution >= 0.6 is 0 Å². The average molecular weight is 522 g/mol. The average Bonchev–Trinajstić information content (AvgIpc) is 2.83. The molecule has 38 heavy (non-hydrogen) atoms. The van der Waals surface area contributed by atoms with Crippen molar-refractivity contribution in [3.8, 4) is 18.1 Å². The zero-order valence-electron chi connectivity index (χ0n) is 23.1. The number of carbonyl (C=O) groups is 3. The molecule has 2 atom stereocenters. The second-order valence-corrected chi connectivity index (χ2v) is 10.4. The van der Waals surface area contributed by atoms with Crippen LogP contribution in [0.25, 0.3) is 0 Å². The van der Waals surface area contributed by atoms with Gasteiger partial charge in [-0.1, -0.05) is 37.1 Å². The molecule has 0 bridgehead atoms. The van der Waals surface area contributed by atoms with Gasteiger partial charge in [-0.25, -0.2) is 4.79 Å². The molecule has 3 amide bonds. The molecule has 0 radical (unpaired) electrons. The quantitative estimate of drug-likeness (QED) is 0.404. The van der Waals surface area contributed by atoms with Crippen molar-refractivity contribution in [2.24, 2.45) is 0 Å². The van der Waals surface area contributed by atoms with Gasteiger partial charge in [0.15, 0.2) is 0 Å². The first kappa shape index (κ1) is 30.2. The number of phenolic OH excluding ortho intramolecular Hbond substituents is 1. The van der Waals surface area contributed by atoms with Gasteiger partial charge in [-0.3, -0.25) is 9.59 Å². The number of hydrogen-bond acceptors (Lipinski definition) is 5. The number of phenols is 1. The van der Waals surface area contributed by atoms with E-state index in [1.165, 1.54) is 17.0 Å². The highest BCUT2D eigenvalue weighted by Gasteiger charge is 2.36. The lowest BCUT2D eigenvalue weighted by Crippen LogP contribution is -2.54. The highest BCUT2D eigenvalue weighted by molar-refractivity contribution is 5.92. The first-order valence-electron chi connectivity index (χ1n) is 12.8. The van der Waals surface area contributed by atoms with Crippen LogP contribution in [0.3, 0.4) is 0 Å². The van der Waals surface area contributed by atoms with Crippen LogP contribution < -0.4 is 10.6 Å². The number of nitrogens with zero attached hydrogens (tertiary/aromatic N) is 1. The Balaban J connectivity index is 2.52. The highest BCUT2D eigenvalue weighted by Crippen LogP contribution is 2.25. The van der Waals surface area contributed by atoms with Crippen LogP contribution in [-0.4, -0.2) is 52.1 Å². The second-order valence-electron chi connectivity index (χ2n) is 10.4. The molecule has 0 fully saturated rings. The summed E-state index contributed by atoms with van der Waals surface area (Å²) in [4.78, 5) is 41.8. The third kappa shape index (κ3) is 9.15. The Morgan fingerprint density at radius 1 is 1.03 bits per heavy atom. The molecule has 0 heterocycles. The fraction of sp³-hybridized carbons (Fsp3) is 0.433. The Labute approximate surface area is 225 Å². The van der Waals surface area contributed by atoms with Crippen LogP contribution in [0, 0.1) is 12.3 Å². The molecule has 0 aromatic heterocycles. The van der Waals surface area contributed by atoms with Crippen LogP contribution in [0.1, 0.15) is 70.7 Å². The van der Waals surface area contributed by atoms with Crippen molar-refractivity contribution >= 4 is 17.9 Å². The van der Waals surface area contributed by atoms with Crippen LogP contribution in [0.5, 0.6) is 5.75 Å². The Morgan fingerprint density at radius 2 is 1.63 bits per heavy atom. The minimum atomic E-state index is -1.03. The third-order valence-corrected chi connectivity index (χ3v) is 5.50. The summed E-state index contributed by atoms with van der Waals surface area (Å²) < 4.78 is 5.43. The summed E-state index contributed by atoms with van der Waals surface area (Å²) in [6, 6.07) is 11.2. The molecule has 0 aliphatic rings. The number of benzene rings is 2. The van der Waals surface area contributed by atoms with E-state index >= 15 is 0 Å². The molecular formula is C30H39N3O5. The van der Waals surface area contributed by atoms with Gasteiger partial charge in [0.1, 0.15) is 23.4 Å². The molecule has 2 aromatic rings. The molecule has 2 aromatic carbocycles. The van der Waals surface area contributed by atoms with Gasteiger partial charge in [0.05, 0.1) is 0 Å². The van der Waals surface area contributed by atoms with Gasteiger partial charge in [0.25, 0.3) is 0 Å². The number of alkyl carbamates (subject to hydrolysis) is 1. The predicted octanol–water partition coefficient (Wildman–Crippen LogP) is 4.31. The van der Waals surface area contributed by atoms with Crippen LogP contribution in [0.4, 0.5) is 4.79 Å². The van der Waals surface area contributed by atoms with Gasteiger partial charge >= 0.3 is 6.09 Å². The van der Waals surface area contributed by atoms with Gasteiger partial charge < -0.3 is 25.4 Å². The van der Waals surface area contributed by atoms with E-state index in [0.717, 1.165) is 5.56 Å². The van der Waals surface area contributed by atoms with Gasteiger partial charge in [0.2, 0.25) is 11.8 Å². The zero-order valence-corrected chi connectivity index (χ0v) is 23.1. The van der Waals surface area contributed by atoms with E-state index in [0.29, 0.717) is 17.5 Å². The molecule has 3 N–H and O–H groups in total. The maximum Gasteiger partial charge on any atom is 0.408 e. The van der Waals surface area contributed by atoms with Gasteiger partial charge in [0, 0.05) is 24.6 Å². The summed E-state index contributed by atoms with van der Waals surface area (Å²) in [7, 11) is 0. The van der Waals surface area contributed by atoms with Crippen molar-refractivity contribution in [1.29, 1.82) is 0 Å². The maximum absolute atomic E-state index is 14.1. The van der Waals surface area contributed by atoms with E-state index in [4.69, 9.17) is 11.2 Å². The number of carbonyl (C=O) groups excluding carboxylic acids is 3. The minimum Gasteiger partial charge on any atom is -0.508 e. The zero-order chi connectivity index (χ0) is 28.5. The lowest BCUT2D eigenvalue weighted by atomic mass is 9.99. The van der Waals surface area contributed by atoms with E-state index in [9.17, 15) is 19.5 Å². The third-order valence-electron chi connectivity index (χ3n) is 5.50. The maximum atomic E-state index is 14.1. The molecule has 0 spiro atoms. The SMILES string of the molecule is C#Cc1ccc(C(C(=O)NC(C)C)N(CCC)C(=O)C(Cc2ccc(O)cc2)NC(=O)OC(C)(C)C)cc1. The minimum absolute atomic E-state index is 0.0881. The Hall–Kier alpha value is -3.99. The largest absolute Gasteiger partial charge is 0.508 e. The van der Waals surface area contributed by atoms with Crippen molar-refractivity contribution < 1.29 is 24.2 Å². The number of nitrogens with one attached hydrogen (secondary N) is 2. The van der Waals surface area contributed by atoms with Crippen molar-refractivity contribution in [2.75, 3.05) is 6.54 Å². The van der Waals surface area contributed by atoms with E-state index in [1.54, 1.807) is 57.2 Å². The Morgan fingerprint density at radius 3 is 2.13 bits per heavy atom. The summed E-state index contributed by atoms with van der Waals surface area (Å²) in [5, 5.41) is 15.3. The molecule has 8 nitrogen and oxygen atoms in total. The van der Waals surface area contributed by atoms with Crippen LogP contribution in [0.15, 0.2) is 48.5 Å². The number of amides is 3. The number of hydrogen-bond donors (Lipinski definition) is 3. The molecule has 204 valence electrons. The predicted molar refractivity (Wildman–Crippen MR) is 147 cm³/mol. The molecular weight excluding hydrogens is 482 g/mol. The van der Waals surface area contributed by atoms with Crippen molar-refractivity contribution in [2.45, 2.75) is 78.1 Å². The molecule has 2 rings (SSSR count). The standard InChI is InChI=1S/C30H39N3O5/c1-8-18-33(26(27(35)31-20(3)4)23-14-10-21(9-2)11-15-23)28(36)25(32-29(37)38-30(5,6)7)19-22-12-16-24(34)17-13-22/h2,10-17,20,25-26,34H,8,18-19H2,1,3-7H3,(H,31,35)(H,32,37). The Kier molecular flexibility index (Phi) is 10.8. The van der Waals surface area contributed by atoms with Crippen molar-refractivity contribution in [3.05, 3.63) is 65.2 Å². The first-order chi connectivity index (χ1) is 17.8. The van der Waals surface area contributed by atoms with Gasteiger partial charge in [-0.05, 0) is 76.4 Å². The van der Waals surface area contributed by atoms with E-state index in [-0.39, 0.29) is 30.7 Å². The molecule has 8 heteroatoms.